The highest BCUT2D eigenvalue weighted by molar-refractivity contribution is 5.91. The fourth-order valence-corrected chi connectivity index (χ4v) is 3.11. The van der Waals surface area contributed by atoms with Gasteiger partial charge in [0.25, 0.3) is 0 Å². The Morgan fingerprint density at radius 1 is 1.36 bits per heavy atom. The second-order valence-corrected chi connectivity index (χ2v) is 6.69. The van der Waals surface area contributed by atoms with Gasteiger partial charge < -0.3 is 14.3 Å². The second-order valence-electron chi connectivity index (χ2n) is 6.69. The largest absolute Gasteiger partial charge is 0.461 e. The number of carbonyl (C=O) groups is 1. The summed E-state index contributed by atoms with van der Waals surface area (Å²) in [6, 6.07) is 11.8. The quantitative estimate of drug-likeness (QED) is 0.725. The lowest BCUT2D eigenvalue weighted by Gasteiger charge is -2.03. The standard InChI is InChI=1S/C20H21N3O2/c1-13-11-15(13)18-9-7-14(25-18)8-10-20(24)21-12-19-22-16-5-3-4-6-17(16)23(19)2/h3-10,13,15H,11-12H2,1-2H3,(H,21,24). The molecule has 1 aliphatic carbocycles. The van der Waals surface area contributed by atoms with Gasteiger partial charge >= 0.3 is 0 Å². The number of benzene rings is 1. The molecule has 1 fully saturated rings. The van der Waals surface area contributed by atoms with Gasteiger partial charge in [0.2, 0.25) is 5.91 Å². The Kier molecular flexibility index (Phi) is 3.92. The van der Waals surface area contributed by atoms with E-state index in [0.717, 1.165) is 22.6 Å². The minimum absolute atomic E-state index is 0.162. The summed E-state index contributed by atoms with van der Waals surface area (Å²) in [5, 5.41) is 2.87. The Bertz CT molecular complexity index is 951. The monoisotopic (exact) mass is 335 g/mol. The van der Waals surface area contributed by atoms with E-state index in [1.807, 2.05) is 48.0 Å². The van der Waals surface area contributed by atoms with Crippen LogP contribution in [0.3, 0.4) is 0 Å². The van der Waals surface area contributed by atoms with E-state index in [9.17, 15) is 4.79 Å². The van der Waals surface area contributed by atoms with Crippen LogP contribution in [0.5, 0.6) is 0 Å². The number of aromatic nitrogens is 2. The summed E-state index contributed by atoms with van der Waals surface area (Å²) >= 11 is 0. The van der Waals surface area contributed by atoms with E-state index in [4.69, 9.17) is 4.42 Å². The number of hydrogen-bond donors (Lipinski definition) is 1. The third-order valence-electron chi connectivity index (χ3n) is 4.82. The number of fused-ring (bicyclic) bond motifs is 1. The van der Waals surface area contributed by atoms with Crippen LogP contribution in [0.2, 0.25) is 0 Å². The van der Waals surface area contributed by atoms with E-state index in [0.29, 0.717) is 24.1 Å². The molecule has 0 aliphatic heterocycles. The molecule has 2 aromatic heterocycles. The fourth-order valence-electron chi connectivity index (χ4n) is 3.11. The van der Waals surface area contributed by atoms with Crippen LogP contribution in [0, 0.1) is 5.92 Å². The number of carbonyl (C=O) groups excluding carboxylic acids is 1. The zero-order valence-electron chi connectivity index (χ0n) is 14.4. The van der Waals surface area contributed by atoms with Gasteiger partial charge in [0.1, 0.15) is 17.3 Å². The Morgan fingerprint density at radius 2 is 2.16 bits per heavy atom. The van der Waals surface area contributed by atoms with E-state index >= 15 is 0 Å². The predicted molar refractivity (Wildman–Crippen MR) is 96.8 cm³/mol. The van der Waals surface area contributed by atoms with Crippen molar-refractivity contribution in [1.29, 1.82) is 0 Å². The van der Waals surface area contributed by atoms with Crippen molar-refractivity contribution in [3.05, 3.63) is 59.8 Å². The van der Waals surface area contributed by atoms with E-state index in [1.165, 1.54) is 12.5 Å². The Morgan fingerprint density at radius 3 is 2.92 bits per heavy atom. The van der Waals surface area contributed by atoms with Gasteiger partial charge in [-0.05, 0) is 42.7 Å². The lowest BCUT2D eigenvalue weighted by atomic mass is 10.3. The first kappa shape index (κ1) is 15.7. The van der Waals surface area contributed by atoms with Crippen molar-refractivity contribution >= 4 is 23.0 Å². The highest BCUT2D eigenvalue weighted by Crippen LogP contribution is 2.47. The predicted octanol–water partition coefficient (Wildman–Crippen LogP) is 3.62. The first-order valence-electron chi connectivity index (χ1n) is 8.58. The minimum atomic E-state index is -0.162. The third kappa shape index (κ3) is 3.22. The van der Waals surface area contributed by atoms with Crippen molar-refractivity contribution < 1.29 is 9.21 Å². The lowest BCUT2D eigenvalue weighted by molar-refractivity contribution is -0.116. The van der Waals surface area contributed by atoms with Crippen LogP contribution in [0.25, 0.3) is 17.1 Å². The molecule has 1 N–H and O–H groups in total. The molecule has 2 unspecified atom stereocenters. The second kappa shape index (κ2) is 6.24. The molecule has 1 aliphatic rings. The van der Waals surface area contributed by atoms with Crippen molar-refractivity contribution in [2.45, 2.75) is 25.8 Å². The normalized spacial score (nSPS) is 19.6. The van der Waals surface area contributed by atoms with Gasteiger partial charge in [0, 0.05) is 19.0 Å². The van der Waals surface area contributed by atoms with E-state index in [2.05, 4.69) is 17.2 Å². The molecule has 25 heavy (non-hydrogen) atoms. The number of aryl methyl sites for hydroxylation is 1. The molecular formula is C20H21N3O2. The molecule has 0 bridgehead atoms. The lowest BCUT2D eigenvalue weighted by Crippen LogP contribution is -2.22. The smallest absolute Gasteiger partial charge is 0.244 e. The zero-order chi connectivity index (χ0) is 17.4. The number of imidazole rings is 1. The molecule has 2 heterocycles. The average molecular weight is 335 g/mol. The first-order valence-corrected chi connectivity index (χ1v) is 8.58. The van der Waals surface area contributed by atoms with E-state index in [-0.39, 0.29) is 5.91 Å². The average Bonchev–Trinajstić information content (AvgIpc) is 3.05. The van der Waals surface area contributed by atoms with Crippen LogP contribution in [-0.2, 0) is 18.4 Å². The summed E-state index contributed by atoms with van der Waals surface area (Å²) in [7, 11) is 1.95. The molecule has 5 heteroatoms. The molecule has 0 spiro atoms. The Balaban J connectivity index is 1.37. The summed E-state index contributed by atoms with van der Waals surface area (Å²) in [6.07, 6.45) is 4.40. The number of furan rings is 1. The fraction of sp³-hybridized carbons (Fsp3) is 0.300. The molecule has 1 amide bonds. The maximum absolute atomic E-state index is 12.0. The van der Waals surface area contributed by atoms with Crippen LogP contribution in [-0.4, -0.2) is 15.5 Å². The Labute approximate surface area is 146 Å². The summed E-state index contributed by atoms with van der Waals surface area (Å²) in [4.78, 5) is 16.6. The van der Waals surface area contributed by atoms with Crippen LogP contribution < -0.4 is 5.32 Å². The highest BCUT2D eigenvalue weighted by atomic mass is 16.3. The first-order chi connectivity index (χ1) is 12.1. The minimum Gasteiger partial charge on any atom is -0.461 e. The zero-order valence-corrected chi connectivity index (χ0v) is 14.4. The van der Waals surface area contributed by atoms with Gasteiger partial charge in [-0.25, -0.2) is 4.98 Å². The van der Waals surface area contributed by atoms with E-state index in [1.54, 1.807) is 6.08 Å². The van der Waals surface area contributed by atoms with Gasteiger partial charge in [0.05, 0.1) is 17.6 Å². The molecular weight excluding hydrogens is 314 g/mol. The molecule has 0 radical (unpaired) electrons. The topological polar surface area (TPSA) is 60.1 Å². The van der Waals surface area contributed by atoms with Gasteiger partial charge in [-0.15, -0.1) is 0 Å². The molecule has 128 valence electrons. The molecule has 1 saturated carbocycles. The maximum atomic E-state index is 12.0. The SMILES string of the molecule is CC1CC1c1ccc(C=CC(=O)NCc2nc3ccccc3n2C)o1. The highest BCUT2D eigenvalue weighted by Gasteiger charge is 2.36. The van der Waals surface area contributed by atoms with Gasteiger partial charge in [-0.2, -0.15) is 0 Å². The molecule has 1 aromatic carbocycles. The number of hydrogen-bond acceptors (Lipinski definition) is 3. The maximum Gasteiger partial charge on any atom is 0.244 e. The van der Waals surface area contributed by atoms with Crippen LogP contribution in [0.1, 0.15) is 36.6 Å². The van der Waals surface area contributed by atoms with Crippen molar-refractivity contribution in [3.8, 4) is 0 Å². The van der Waals surface area contributed by atoms with Gasteiger partial charge in [0.15, 0.2) is 0 Å². The number of nitrogens with zero attached hydrogens (tertiary/aromatic N) is 2. The summed E-state index contributed by atoms with van der Waals surface area (Å²) in [6.45, 7) is 2.61. The van der Waals surface area contributed by atoms with Crippen molar-refractivity contribution in [2.24, 2.45) is 13.0 Å². The Hall–Kier alpha value is -2.82. The van der Waals surface area contributed by atoms with E-state index < -0.39 is 0 Å². The van der Waals surface area contributed by atoms with Crippen molar-refractivity contribution in [3.63, 3.8) is 0 Å². The number of nitrogens with one attached hydrogen (secondary N) is 1. The molecule has 3 aromatic rings. The number of para-hydroxylation sites is 2. The number of rotatable bonds is 5. The third-order valence-corrected chi connectivity index (χ3v) is 4.82. The summed E-state index contributed by atoms with van der Waals surface area (Å²) in [5.41, 5.74) is 1.99. The van der Waals surface area contributed by atoms with Crippen molar-refractivity contribution in [2.75, 3.05) is 0 Å². The number of amides is 1. The van der Waals surface area contributed by atoms with Crippen LogP contribution in [0.15, 0.2) is 46.9 Å². The van der Waals surface area contributed by atoms with Crippen molar-refractivity contribution in [1.82, 2.24) is 14.9 Å². The summed E-state index contributed by atoms with van der Waals surface area (Å²) in [5.74, 6) is 3.66. The van der Waals surface area contributed by atoms with Gasteiger partial charge in [-0.3, -0.25) is 4.79 Å². The molecule has 0 saturated heterocycles. The molecule has 4 rings (SSSR count). The summed E-state index contributed by atoms with van der Waals surface area (Å²) < 4.78 is 7.76. The molecule has 2 atom stereocenters. The molecule has 5 nitrogen and oxygen atoms in total. The van der Waals surface area contributed by atoms with Gasteiger partial charge in [-0.1, -0.05) is 19.1 Å². The van der Waals surface area contributed by atoms with Crippen LogP contribution >= 0.6 is 0 Å². The van der Waals surface area contributed by atoms with Crippen LogP contribution in [0.4, 0.5) is 0 Å².